The summed E-state index contributed by atoms with van der Waals surface area (Å²) in [5.41, 5.74) is -2.22. The maximum absolute atomic E-state index is 13.2. The molecule has 3 nitrogen and oxygen atoms in total. The average molecular weight is 653 g/mol. The van der Waals surface area contributed by atoms with Gasteiger partial charge in [-0.15, -0.1) is 11.6 Å². The summed E-state index contributed by atoms with van der Waals surface area (Å²) in [5, 5.41) is 7.97. The molecule has 1 heterocycles. The summed E-state index contributed by atoms with van der Waals surface area (Å²) < 4.78 is 146. The van der Waals surface area contributed by atoms with Gasteiger partial charge >= 0.3 is 30.0 Å². The van der Waals surface area contributed by atoms with Gasteiger partial charge in [-0.25, -0.2) is 8.78 Å². The minimum Gasteiger partial charge on any atom is -0.504 e. The smallest absolute Gasteiger partial charge is 0.504 e. The molecule has 0 aromatic carbocycles. The molecule has 31 heavy (non-hydrogen) atoms. The van der Waals surface area contributed by atoms with Crippen molar-refractivity contribution in [3.05, 3.63) is 48.0 Å². The first-order chi connectivity index (χ1) is 13.2. The Balaban J connectivity index is 0.000000586. The molecule has 0 saturated heterocycles. The van der Waals surface area contributed by atoms with Gasteiger partial charge in [0.05, 0.1) is 6.08 Å². The van der Waals surface area contributed by atoms with Crippen molar-refractivity contribution in [2.75, 3.05) is 0 Å². The third-order valence-corrected chi connectivity index (χ3v) is 3.16. The SMILES string of the molecule is FC1(F)[C-]=C(c2ccccn2)C(F)(F)C1(F)F.O/C(=C\C(=[OH+])C(F)(F)F)C(F)(F)F.[Ir]. The number of pyridine rings is 1. The van der Waals surface area contributed by atoms with E-state index in [2.05, 4.69) is 4.98 Å². The topological polar surface area (TPSA) is 54.5 Å². The van der Waals surface area contributed by atoms with E-state index in [9.17, 15) is 52.7 Å². The second kappa shape index (κ2) is 9.18. The standard InChI is InChI=1S/C10H4F6N.C5H2F6O2.Ir/c11-8(12)5-6(7-3-1-2-4-17-7)9(13,14)10(8,15)16;6-4(7,8)2(12)1-3(13)5(9,10)11;/h1-4H;1,12H;/q-1;;/p+1/b;2-1-;. The van der Waals surface area contributed by atoms with Gasteiger partial charge in [0.15, 0.2) is 0 Å². The van der Waals surface area contributed by atoms with Crippen LogP contribution in [0.5, 0.6) is 0 Å². The summed E-state index contributed by atoms with van der Waals surface area (Å²) >= 11 is 0. The molecule has 1 aliphatic carbocycles. The number of allylic oxidation sites excluding steroid dienone is 4. The first-order valence-corrected chi connectivity index (χ1v) is 7.06. The van der Waals surface area contributed by atoms with Crippen LogP contribution in [0.1, 0.15) is 5.69 Å². The van der Waals surface area contributed by atoms with Crippen LogP contribution < -0.4 is 0 Å². The van der Waals surface area contributed by atoms with Crippen LogP contribution in [0.4, 0.5) is 52.7 Å². The molecule has 0 bridgehead atoms. The maximum Gasteiger partial charge on any atom is 0.509 e. The molecule has 0 unspecified atom stereocenters. The molecule has 2 rings (SSSR count). The van der Waals surface area contributed by atoms with Gasteiger partial charge in [-0.3, -0.25) is 4.79 Å². The number of aliphatic hydroxyl groups is 1. The van der Waals surface area contributed by atoms with E-state index in [-0.39, 0.29) is 20.1 Å². The second-order valence-corrected chi connectivity index (χ2v) is 5.35. The number of hydrogen-bond acceptors (Lipinski definition) is 2. The third kappa shape index (κ3) is 6.21. The fourth-order valence-electron chi connectivity index (χ4n) is 1.70. The van der Waals surface area contributed by atoms with Crippen LogP contribution in [-0.4, -0.2) is 50.8 Å². The van der Waals surface area contributed by atoms with E-state index < -0.39 is 59.0 Å². The Hall–Kier alpha value is -2.09. The van der Waals surface area contributed by atoms with E-state index in [1.165, 1.54) is 12.1 Å². The van der Waals surface area contributed by atoms with Crippen molar-refractivity contribution in [1.82, 2.24) is 4.98 Å². The number of aromatic nitrogens is 1. The Morgan fingerprint density at radius 1 is 0.968 bits per heavy atom. The second-order valence-electron chi connectivity index (χ2n) is 5.35. The first-order valence-electron chi connectivity index (χ1n) is 7.06. The summed E-state index contributed by atoms with van der Waals surface area (Å²) in [6, 6.07) is 3.50. The van der Waals surface area contributed by atoms with Gasteiger partial charge in [-0.05, 0) is 6.07 Å². The van der Waals surface area contributed by atoms with E-state index in [1.54, 1.807) is 0 Å². The summed E-state index contributed by atoms with van der Waals surface area (Å²) in [6.45, 7) is 0. The average Bonchev–Trinajstić information content (AvgIpc) is 2.71. The number of nitrogens with zero attached hydrogens (tertiary/aromatic N) is 1. The molecule has 1 aromatic heterocycles. The molecular formula is C15H7F12IrNO2. The molecule has 1 aliphatic rings. The Morgan fingerprint density at radius 3 is 1.81 bits per heavy atom. The summed E-state index contributed by atoms with van der Waals surface area (Å²) in [5.74, 6) is -20.5. The zero-order valence-corrected chi connectivity index (χ0v) is 16.5. The number of ketones is 1. The van der Waals surface area contributed by atoms with Gasteiger partial charge in [0.1, 0.15) is 0 Å². The number of rotatable bonds is 2. The fourth-order valence-corrected chi connectivity index (χ4v) is 1.70. The first kappa shape index (κ1) is 28.9. The largest absolute Gasteiger partial charge is 0.509 e. The van der Waals surface area contributed by atoms with Crippen LogP contribution in [0.2, 0.25) is 0 Å². The molecule has 0 atom stereocenters. The van der Waals surface area contributed by atoms with Crippen molar-refractivity contribution in [3.63, 3.8) is 0 Å². The van der Waals surface area contributed by atoms with Gasteiger partial charge in [-0.1, -0.05) is 11.8 Å². The Labute approximate surface area is 177 Å². The molecule has 1 radical (unpaired) electrons. The molecule has 0 saturated carbocycles. The molecule has 0 fully saturated rings. The predicted molar refractivity (Wildman–Crippen MR) is 75.5 cm³/mol. The number of aliphatic hydroxyl groups excluding tert-OH is 1. The van der Waals surface area contributed by atoms with Crippen molar-refractivity contribution in [2.45, 2.75) is 30.1 Å². The Bertz CT molecular complexity index is 844. The summed E-state index contributed by atoms with van der Waals surface area (Å²) in [7, 11) is 0. The number of alkyl halides is 12. The zero-order chi connectivity index (χ0) is 23.8. The quantitative estimate of drug-likeness (QED) is 0.155. The molecule has 16 heteroatoms. The van der Waals surface area contributed by atoms with Crippen LogP contribution in [0.3, 0.4) is 0 Å². The van der Waals surface area contributed by atoms with E-state index in [0.29, 0.717) is 0 Å². The van der Waals surface area contributed by atoms with Crippen molar-refractivity contribution in [1.29, 1.82) is 0 Å². The monoisotopic (exact) mass is 654 g/mol. The molecule has 1 aromatic rings. The van der Waals surface area contributed by atoms with E-state index in [4.69, 9.17) is 9.90 Å². The molecule has 0 amide bonds. The van der Waals surface area contributed by atoms with E-state index in [0.717, 1.165) is 18.3 Å². The minimum absolute atomic E-state index is 0. The Kier molecular flexibility index (Phi) is 8.56. The van der Waals surface area contributed by atoms with Gasteiger partial charge < -0.3 is 10.1 Å². The van der Waals surface area contributed by atoms with Crippen LogP contribution in [0.15, 0.2) is 36.2 Å². The van der Waals surface area contributed by atoms with Crippen molar-refractivity contribution < 1.29 is 82.7 Å². The molecular weight excluding hydrogens is 646 g/mol. The van der Waals surface area contributed by atoms with Crippen LogP contribution in [0, 0.1) is 6.08 Å². The van der Waals surface area contributed by atoms with Crippen molar-refractivity contribution >= 4 is 11.4 Å². The maximum atomic E-state index is 13.2. The molecule has 0 aliphatic heterocycles. The van der Waals surface area contributed by atoms with Gasteiger partial charge in [0.2, 0.25) is 5.76 Å². The van der Waals surface area contributed by atoms with Crippen LogP contribution >= 0.6 is 0 Å². The summed E-state index contributed by atoms with van der Waals surface area (Å²) in [4.78, 5) is 11.3. The normalized spacial score (nSPS) is 19.5. The van der Waals surface area contributed by atoms with Crippen molar-refractivity contribution in [2.24, 2.45) is 0 Å². The molecule has 2 N–H and O–H groups in total. The van der Waals surface area contributed by atoms with Crippen LogP contribution in [0.25, 0.3) is 5.57 Å². The molecule has 0 spiro atoms. The van der Waals surface area contributed by atoms with Crippen molar-refractivity contribution in [3.8, 4) is 0 Å². The van der Waals surface area contributed by atoms with E-state index in [1.807, 2.05) is 0 Å². The number of halogens is 12. The molecule has 177 valence electrons. The zero-order valence-electron chi connectivity index (χ0n) is 14.1. The summed E-state index contributed by atoms with van der Waals surface area (Å²) in [6.07, 6.45) is -9.53. The Morgan fingerprint density at radius 2 is 1.48 bits per heavy atom. The van der Waals surface area contributed by atoms with Crippen LogP contribution in [-0.2, 0) is 20.1 Å². The van der Waals surface area contributed by atoms with Gasteiger partial charge in [0.25, 0.3) is 5.92 Å². The van der Waals surface area contributed by atoms with Gasteiger partial charge in [0, 0.05) is 26.3 Å². The third-order valence-electron chi connectivity index (χ3n) is 3.16. The van der Waals surface area contributed by atoms with Gasteiger partial charge in [-0.2, -0.15) is 50.0 Å². The number of hydrogen-bond donors (Lipinski definition) is 1. The number of carbonyl (C=O) groups excluding carboxylic acids is 1. The fraction of sp³-hybridized carbons (Fsp3) is 0.333. The predicted octanol–water partition coefficient (Wildman–Crippen LogP) is 5.28. The van der Waals surface area contributed by atoms with E-state index >= 15 is 0 Å². The minimum atomic E-state index is -5.49.